The Morgan fingerprint density at radius 1 is 1.18 bits per heavy atom. The molecule has 4 heteroatoms. The van der Waals surface area contributed by atoms with E-state index in [1.165, 1.54) is 17.7 Å². The van der Waals surface area contributed by atoms with Gasteiger partial charge in [-0.05, 0) is 65.8 Å². The van der Waals surface area contributed by atoms with Gasteiger partial charge in [-0.2, -0.15) is 0 Å². The van der Waals surface area contributed by atoms with E-state index in [0.29, 0.717) is 18.9 Å². The molecule has 4 rings (SSSR count). The van der Waals surface area contributed by atoms with Crippen molar-refractivity contribution in [3.05, 3.63) is 71.0 Å². The van der Waals surface area contributed by atoms with Gasteiger partial charge in [-0.3, -0.25) is 0 Å². The third-order valence-electron chi connectivity index (χ3n) is 6.12. The van der Waals surface area contributed by atoms with Gasteiger partial charge in [0.25, 0.3) is 0 Å². The maximum Gasteiger partial charge on any atom is 0.126 e. The SMILES string of the molecule is COc1ccc(C(C)C)cc1C1=C[C@@]2(CCC(O)[C@H]2c2ccc(F)cc2)OC1. The van der Waals surface area contributed by atoms with E-state index in [9.17, 15) is 9.50 Å². The molecule has 1 aliphatic heterocycles. The summed E-state index contributed by atoms with van der Waals surface area (Å²) in [5.74, 6) is 0.768. The molecule has 0 aromatic heterocycles. The summed E-state index contributed by atoms with van der Waals surface area (Å²) in [7, 11) is 1.68. The van der Waals surface area contributed by atoms with Crippen LogP contribution in [0.1, 0.15) is 55.2 Å². The van der Waals surface area contributed by atoms with Gasteiger partial charge in [0, 0.05) is 11.5 Å². The molecule has 0 bridgehead atoms. The molecule has 0 radical (unpaired) electrons. The van der Waals surface area contributed by atoms with Crippen molar-refractivity contribution in [3.8, 4) is 5.75 Å². The smallest absolute Gasteiger partial charge is 0.126 e. The molecule has 148 valence electrons. The summed E-state index contributed by atoms with van der Waals surface area (Å²) in [5, 5.41) is 10.7. The third kappa shape index (κ3) is 3.25. The van der Waals surface area contributed by atoms with E-state index in [2.05, 4.69) is 32.1 Å². The van der Waals surface area contributed by atoms with E-state index in [1.54, 1.807) is 19.2 Å². The highest BCUT2D eigenvalue weighted by Crippen LogP contribution is 2.51. The van der Waals surface area contributed by atoms with Crippen molar-refractivity contribution in [2.75, 3.05) is 13.7 Å². The van der Waals surface area contributed by atoms with E-state index in [4.69, 9.17) is 9.47 Å². The first kappa shape index (κ1) is 19.2. The number of methoxy groups -OCH3 is 1. The standard InChI is InChI=1S/C24H27FO3/c1-15(2)17-6-9-22(27-3)20(12-17)18-13-24(28-14-18)11-10-21(26)23(24)16-4-7-19(25)8-5-16/h4-9,12-13,15,21,23,26H,10-11,14H2,1-3H3/t21?,23-,24-/m1/s1. The van der Waals surface area contributed by atoms with Crippen LogP contribution in [0.25, 0.3) is 5.57 Å². The zero-order valence-electron chi connectivity index (χ0n) is 16.6. The fourth-order valence-corrected chi connectivity index (χ4v) is 4.60. The number of aliphatic hydroxyl groups is 1. The summed E-state index contributed by atoms with van der Waals surface area (Å²) in [5.41, 5.74) is 3.72. The molecule has 1 heterocycles. The van der Waals surface area contributed by atoms with Crippen molar-refractivity contribution in [1.29, 1.82) is 0 Å². The van der Waals surface area contributed by atoms with Crippen molar-refractivity contribution in [2.45, 2.75) is 50.2 Å². The highest BCUT2D eigenvalue weighted by molar-refractivity contribution is 5.75. The van der Waals surface area contributed by atoms with Crippen LogP contribution < -0.4 is 4.74 Å². The van der Waals surface area contributed by atoms with Crippen LogP contribution in [0, 0.1) is 5.82 Å². The molecule has 1 fully saturated rings. The van der Waals surface area contributed by atoms with Crippen LogP contribution in [0.2, 0.25) is 0 Å². The van der Waals surface area contributed by atoms with Gasteiger partial charge in [0.15, 0.2) is 0 Å². The predicted octanol–water partition coefficient (Wildman–Crippen LogP) is 5.05. The molecule has 1 N–H and O–H groups in total. The zero-order chi connectivity index (χ0) is 19.9. The van der Waals surface area contributed by atoms with Crippen molar-refractivity contribution < 1.29 is 19.0 Å². The molecule has 1 aliphatic carbocycles. The number of ether oxygens (including phenoxy) is 2. The summed E-state index contributed by atoms with van der Waals surface area (Å²) < 4.78 is 25.3. The molecule has 2 aliphatic rings. The van der Waals surface area contributed by atoms with Gasteiger partial charge in [0.2, 0.25) is 0 Å². The van der Waals surface area contributed by atoms with E-state index in [-0.39, 0.29) is 11.7 Å². The Labute approximate surface area is 165 Å². The maximum atomic E-state index is 13.4. The molecule has 1 unspecified atom stereocenters. The summed E-state index contributed by atoms with van der Waals surface area (Å²) in [4.78, 5) is 0. The Kier molecular flexibility index (Phi) is 5.02. The average Bonchev–Trinajstić information content (AvgIpc) is 3.26. The van der Waals surface area contributed by atoms with Crippen molar-refractivity contribution in [2.24, 2.45) is 0 Å². The molecule has 2 aromatic carbocycles. The van der Waals surface area contributed by atoms with Crippen molar-refractivity contribution in [1.82, 2.24) is 0 Å². The number of halogens is 1. The van der Waals surface area contributed by atoms with Crippen molar-refractivity contribution in [3.63, 3.8) is 0 Å². The van der Waals surface area contributed by atoms with Gasteiger partial charge >= 0.3 is 0 Å². The minimum atomic E-state index is -0.564. The Morgan fingerprint density at radius 3 is 2.61 bits per heavy atom. The van der Waals surface area contributed by atoms with Crippen LogP contribution in [0.3, 0.4) is 0 Å². The Balaban J connectivity index is 1.75. The second-order valence-corrected chi connectivity index (χ2v) is 8.16. The lowest BCUT2D eigenvalue weighted by molar-refractivity contribution is 0.00291. The highest BCUT2D eigenvalue weighted by Gasteiger charge is 2.51. The topological polar surface area (TPSA) is 38.7 Å². The first-order valence-electron chi connectivity index (χ1n) is 9.91. The average molecular weight is 382 g/mol. The summed E-state index contributed by atoms with van der Waals surface area (Å²) in [6.45, 7) is 4.82. The van der Waals surface area contributed by atoms with Gasteiger partial charge in [-0.25, -0.2) is 4.39 Å². The lowest BCUT2D eigenvalue weighted by Gasteiger charge is -2.30. The highest BCUT2D eigenvalue weighted by atomic mass is 19.1. The van der Waals surface area contributed by atoms with Crippen LogP contribution >= 0.6 is 0 Å². The zero-order valence-corrected chi connectivity index (χ0v) is 16.6. The molecule has 0 saturated heterocycles. The molecule has 28 heavy (non-hydrogen) atoms. The Hall–Kier alpha value is -2.17. The predicted molar refractivity (Wildman–Crippen MR) is 108 cm³/mol. The first-order valence-corrected chi connectivity index (χ1v) is 9.91. The fourth-order valence-electron chi connectivity index (χ4n) is 4.60. The lowest BCUT2D eigenvalue weighted by Crippen LogP contribution is -2.33. The number of aliphatic hydroxyl groups excluding tert-OH is 1. The molecular formula is C24H27FO3. The summed E-state index contributed by atoms with van der Waals surface area (Å²) >= 11 is 0. The minimum absolute atomic E-state index is 0.204. The van der Waals surface area contributed by atoms with E-state index < -0.39 is 11.7 Å². The Bertz CT molecular complexity index is 887. The van der Waals surface area contributed by atoms with E-state index in [0.717, 1.165) is 28.9 Å². The molecule has 2 aromatic rings. The largest absolute Gasteiger partial charge is 0.496 e. The molecule has 3 atom stereocenters. The number of benzene rings is 2. The van der Waals surface area contributed by atoms with Crippen LogP contribution in [0.15, 0.2) is 48.5 Å². The van der Waals surface area contributed by atoms with Gasteiger partial charge in [-0.1, -0.05) is 32.0 Å². The quantitative estimate of drug-likeness (QED) is 0.804. The number of hydrogen-bond acceptors (Lipinski definition) is 3. The number of hydrogen-bond donors (Lipinski definition) is 1. The lowest BCUT2D eigenvalue weighted by atomic mass is 9.83. The van der Waals surface area contributed by atoms with Gasteiger partial charge in [0.05, 0.1) is 25.4 Å². The van der Waals surface area contributed by atoms with E-state index in [1.807, 2.05) is 6.07 Å². The van der Waals surface area contributed by atoms with Gasteiger partial charge in [-0.15, -0.1) is 0 Å². The van der Waals surface area contributed by atoms with E-state index >= 15 is 0 Å². The number of rotatable bonds is 4. The summed E-state index contributed by atoms with van der Waals surface area (Å²) in [6.07, 6.45) is 3.06. The monoisotopic (exact) mass is 382 g/mol. The van der Waals surface area contributed by atoms with Gasteiger partial charge < -0.3 is 14.6 Å². The molecule has 1 spiro atoms. The second kappa shape index (κ2) is 7.34. The Morgan fingerprint density at radius 2 is 1.93 bits per heavy atom. The maximum absolute atomic E-state index is 13.4. The third-order valence-corrected chi connectivity index (χ3v) is 6.12. The van der Waals surface area contributed by atoms with Crippen LogP contribution in [-0.4, -0.2) is 30.5 Å². The van der Waals surface area contributed by atoms with Crippen LogP contribution in [0.5, 0.6) is 5.75 Å². The molecule has 1 saturated carbocycles. The molecule has 3 nitrogen and oxygen atoms in total. The van der Waals surface area contributed by atoms with Crippen LogP contribution in [0.4, 0.5) is 4.39 Å². The fraction of sp³-hybridized carbons (Fsp3) is 0.417. The second-order valence-electron chi connectivity index (χ2n) is 8.16. The summed E-state index contributed by atoms with van der Waals surface area (Å²) in [6, 6.07) is 12.7. The first-order chi connectivity index (χ1) is 13.4. The minimum Gasteiger partial charge on any atom is -0.496 e. The normalized spacial score (nSPS) is 26.9. The van der Waals surface area contributed by atoms with Gasteiger partial charge in [0.1, 0.15) is 11.6 Å². The van der Waals surface area contributed by atoms with Crippen LogP contribution in [-0.2, 0) is 4.74 Å². The molecular weight excluding hydrogens is 355 g/mol. The van der Waals surface area contributed by atoms with Crippen molar-refractivity contribution >= 4 is 5.57 Å². The molecule has 0 amide bonds.